The first kappa shape index (κ1) is 16.6. The third-order valence-corrected chi connectivity index (χ3v) is 4.81. The van der Waals surface area contributed by atoms with Gasteiger partial charge in [-0.3, -0.25) is 4.68 Å². The monoisotopic (exact) mass is 325 g/mol. The summed E-state index contributed by atoms with van der Waals surface area (Å²) in [5.74, 6) is 0.995. The molecule has 0 radical (unpaired) electrons. The zero-order valence-electron chi connectivity index (χ0n) is 15.1. The van der Waals surface area contributed by atoms with Crippen molar-refractivity contribution in [3.8, 4) is 0 Å². The number of aliphatic imine (C=N–C) groups is 1. The molecule has 0 fully saturated rings. The highest BCUT2D eigenvalue weighted by molar-refractivity contribution is 5.80. The summed E-state index contributed by atoms with van der Waals surface area (Å²) in [6, 6.07) is 8.70. The zero-order valence-corrected chi connectivity index (χ0v) is 15.1. The van der Waals surface area contributed by atoms with E-state index in [1.54, 1.807) is 0 Å². The Morgan fingerprint density at radius 1 is 1.25 bits per heavy atom. The molecule has 2 aromatic rings. The average molecular weight is 325 g/mol. The smallest absolute Gasteiger partial charge is 0.194 e. The normalized spacial score (nSPS) is 14.7. The SMILES string of the molecule is CCNC(=NCc1c(C)nn(C)c1C)N1CCc2ccccc2C1. The van der Waals surface area contributed by atoms with E-state index < -0.39 is 0 Å². The second-order valence-corrected chi connectivity index (χ2v) is 6.38. The number of hydrogen-bond donors (Lipinski definition) is 1. The molecule has 1 aromatic heterocycles. The lowest BCUT2D eigenvalue weighted by Crippen LogP contribution is -2.44. The van der Waals surface area contributed by atoms with Crippen molar-refractivity contribution in [2.45, 2.75) is 40.3 Å². The lowest BCUT2D eigenvalue weighted by molar-refractivity contribution is 0.378. The van der Waals surface area contributed by atoms with Crippen LogP contribution in [0.15, 0.2) is 29.3 Å². The summed E-state index contributed by atoms with van der Waals surface area (Å²) < 4.78 is 1.93. The molecule has 0 saturated carbocycles. The van der Waals surface area contributed by atoms with E-state index in [1.807, 2.05) is 11.7 Å². The highest BCUT2D eigenvalue weighted by Crippen LogP contribution is 2.19. The van der Waals surface area contributed by atoms with Crippen LogP contribution < -0.4 is 5.32 Å². The minimum Gasteiger partial charge on any atom is -0.356 e. The Morgan fingerprint density at radius 2 is 2.00 bits per heavy atom. The fourth-order valence-corrected chi connectivity index (χ4v) is 3.30. The number of nitrogens with one attached hydrogen (secondary N) is 1. The maximum atomic E-state index is 4.89. The third kappa shape index (κ3) is 3.30. The van der Waals surface area contributed by atoms with E-state index in [-0.39, 0.29) is 0 Å². The number of aryl methyl sites for hydroxylation is 2. The molecule has 0 atom stereocenters. The highest BCUT2D eigenvalue weighted by Gasteiger charge is 2.19. The standard InChI is InChI=1S/C19H27N5/c1-5-20-19(21-12-18-14(2)22-23(4)15(18)3)24-11-10-16-8-6-7-9-17(16)13-24/h6-9H,5,10-13H2,1-4H3,(H,20,21). The molecule has 5 heteroatoms. The number of rotatable bonds is 3. The summed E-state index contributed by atoms with van der Waals surface area (Å²) in [5.41, 5.74) is 6.35. The molecule has 0 spiro atoms. The van der Waals surface area contributed by atoms with E-state index in [0.29, 0.717) is 6.54 Å². The van der Waals surface area contributed by atoms with Gasteiger partial charge in [0, 0.05) is 37.9 Å². The highest BCUT2D eigenvalue weighted by atomic mass is 15.3. The number of nitrogens with zero attached hydrogens (tertiary/aromatic N) is 4. The van der Waals surface area contributed by atoms with E-state index in [0.717, 1.165) is 37.7 Å². The third-order valence-electron chi connectivity index (χ3n) is 4.81. The molecule has 0 aliphatic carbocycles. The molecule has 5 nitrogen and oxygen atoms in total. The predicted octanol–water partition coefficient (Wildman–Crippen LogP) is 2.56. The molecular weight excluding hydrogens is 298 g/mol. The Bertz CT molecular complexity index is 744. The first-order valence-corrected chi connectivity index (χ1v) is 8.69. The summed E-state index contributed by atoms with van der Waals surface area (Å²) >= 11 is 0. The van der Waals surface area contributed by atoms with Crippen molar-refractivity contribution in [1.29, 1.82) is 0 Å². The van der Waals surface area contributed by atoms with Crippen LogP contribution in [0.4, 0.5) is 0 Å². The van der Waals surface area contributed by atoms with Gasteiger partial charge in [0.2, 0.25) is 0 Å². The molecule has 24 heavy (non-hydrogen) atoms. The van der Waals surface area contributed by atoms with E-state index in [4.69, 9.17) is 4.99 Å². The van der Waals surface area contributed by atoms with Crippen molar-refractivity contribution in [2.75, 3.05) is 13.1 Å². The van der Waals surface area contributed by atoms with E-state index in [1.165, 1.54) is 22.4 Å². The molecule has 2 heterocycles. The van der Waals surface area contributed by atoms with Gasteiger partial charge in [-0.25, -0.2) is 4.99 Å². The Hall–Kier alpha value is -2.30. The lowest BCUT2D eigenvalue weighted by atomic mass is 10.0. The Kier molecular flexibility index (Phi) is 4.88. The number of aromatic nitrogens is 2. The second-order valence-electron chi connectivity index (χ2n) is 6.38. The summed E-state index contributed by atoms with van der Waals surface area (Å²) in [5, 5.41) is 7.94. The van der Waals surface area contributed by atoms with Crippen LogP contribution in [0.5, 0.6) is 0 Å². The molecular formula is C19H27N5. The molecule has 128 valence electrons. The maximum Gasteiger partial charge on any atom is 0.194 e. The average Bonchev–Trinajstić information content (AvgIpc) is 2.83. The topological polar surface area (TPSA) is 45.5 Å². The molecule has 1 aliphatic heterocycles. The molecule has 0 unspecified atom stereocenters. The largest absolute Gasteiger partial charge is 0.356 e. The Morgan fingerprint density at radius 3 is 2.67 bits per heavy atom. The van der Waals surface area contributed by atoms with Crippen molar-refractivity contribution < 1.29 is 0 Å². The van der Waals surface area contributed by atoms with Gasteiger partial charge in [0.15, 0.2) is 5.96 Å². The van der Waals surface area contributed by atoms with Gasteiger partial charge >= 0.3 is 0 Å². The fourth-order valence-electron chi connectivity index (χ4n) is 3.30. The Balaban J connectivity index is 1.80. The lowest BCUT2D eigenvalue weighted by Gasteiger charge is -2.31. The Labute approximate surface area is 144 Å². The van der Waals surface area contributed by atoms with Gasteiger partial charge in [0.05, 0.1) is 12.2 Å². The molecule has 3 rings (SSSR count). The number of fused-ring (bicyclic) bond motifs is 1. The molecule has 1 aliphatic rings. The molecule has 0 saturated heterocycles. The van der Waals surface area contributed by atoms with Crippen LogP contribution in [-0.2, 0) is 26.6 Å². The van der Waals surface area contributed by atoms with Crippen LogP contribution in [0.1, 0.15) is 35.0 Å². The second kappa shape index (κ2) is 7.07. The van der Waals surface area contributed by atoms with Gasteiger partial charge in [0.1, 0.15) is 0 Å². The molecule has 0 bridgehead atoms. The number of guanidine groups is 1. The van der Waals surface area contributed by atoms with Crippen LogP contribution in [0.25, 0.3) is 0 Å². The van der Waals surface area contributed by atoms with Crippen molar-refractivity contribution in [3.63, 3.8) is 0 Å². The molecule has 1 N–H and O–H groups in total. The summed E-state index contributed by atoms with van der Waals surface area (Å²) in [7, 11) is 1.99. The van der Waals surface area contributed by atoms with Crippen LogP contribution in [0.3, 0.4) is 0 Å². The van der Waals surface area contributed by atoms with Gasteiger partial charge in [-0.15, -0.1) is 0 Å². The number of hydrogen-bond acceptors (Lipinski definition) is 2. The van der Waals surface area contributed by atoms with E-state index in [2.05, 4.69) is 60.4 Å². The van der Waals surface area contributed by atoms with Gasteiger partial charge in [-0.2, -0.15) is 5.10 Å². The van der Waals surface area contributed by atoms with Gasteiger partial charge in [-0.1, -0.05) is 24.3 Å². The molecule has 0 amide bonds. The van der Waals surface area contributed by atoms with E-state index in [9.17, 15) is 0 Å². The summed E-state index contributed by atoms with van der Waals surface area (Å²) in [6.07, 6.45) is 1.07. The minimum atomic E-state index is 0.673. The first-order valence-electron chi connectivity index (χ1n) is 8.69. The van der Waals surface area contributed by atoms with Crippen molar-refractivity contribution in [2.24, 2.45) is 12.0 Å². The quantitative estimate of drug-likeness (QED) is 0.697. The minimum absolute atomic E-state index is 0.673. The predicted molar refractivity (Wildman–Crippen MR) is 98.1 cm³/mol. The van der Waals surface area contributed by atoms with Crippen molar-refractivity contribution in [1.82, 2.24) is 20.0 Å². The summed E-state index contributed by atoms with van der Waals surface area (Å²) in [6.45, 7) is 9.76. The zero-order chi connectivity index (χ0) is 17.1. The van der Waals surface area contributed by atoms with Crippen molar-refractivity contribution >= 4 is 5.96 Å². The van der Waals surface area contributed by atoms with Gasteiger partial charge < -0.3 is 10.2 Å². The summed E-state index contributed by atoms with van der Waals surface area (Å²) in [4.78, 5) is 7.25. The van der Waals surface area contributed by atoms with Crippen LogP contribution >= 0.6 is 0 Å². The number of benzene rings is 1. The van der Waals surface area contributed by atoms with Crippen LogP contribution in [-0.4, -0.2) is 33.7 Å². The van der Waals surface area contributed by atoms with Gasteiger partial charge in [-0.05, 0) is 38.3 Å². The van der Waals surface area contributed by atoms with E-state index >= 15 is 0 Å². The van der Waals surface area contributed by atoms with Crippen LogP contribution in [0.2, 0.25) is 0 Å². The fraction of sp³-hybridized carbons (Fsp3) is 0.474. The maximum absolute atomic E-state index is 4.89. The van der Waals surface area contributed by atoms with Gasteiger partial charge in [0.25, 0.3) is 0 Å². The first-order chi connectivity index (χ1) is 11.6. The van der Waals surface area contributed by atoms with Crippen molar-refractivity contribution in [3.05, 3.63) is 52.3 Å². The molecule has 1 aromatic carbocycles. The van der Waals surface area contributed by atoms with Crippen LogP contribution in [0, 0.1) is 13.8 Å².